The minimum Gasteiger partial charge on any atom is -0.444 e. The van der Waals surface area contributed by atoms with Crippen molar-refractivity contribution in [2.75, 3.05) is 26.8 Å². The molecule has 1 aromatic carbocycles. The molecule has 1 saturated carbocycles. The van der Waals surface area contributed by atoms with Crippen molar-refractivity contribution >= 4 is 23.6 Å². The molecule has 1 saturated heterocycles. The Bertz CT molecular complexity index is 1300. The molecule has 218 valence electrons. The number of rotatable bonds is 8. The first-order valence-electron chi connectivity index (χ1n) is 13.8. The number of ether oxygens (including phenoxy) is 2. The highest BCUT2D eigenvalue weighted by molar-refractivity contribution is 6.31. The summed E-state index contributed by atoms with van der Waals surface area (Å²) in [7, 11) is 3.28. The zero-order valence-electron chi connectivity index (χ0n) is 24.0. The van der Waals surface area contributed by atoms with Crippen LogP contribution in [0.25, 0.3) is 0 Å². The van der Waals surface area contributed by atoms with Gasteiger partial charge in [0.05, 0.1) is 12.5 Å². The van der Waals surface area contributed by atoms with Crippen molar-refractivity contribution in [1.29, 1.82) is 0 Å². The molecule has 1 aliphatic heterocycles. The van der Waals surface area contributed by atoms with E-state index in [4.69, 9.17) is 21.1 Å². The van der Waals surface area contributed by atoms with E-state index < -0.39 is 23.2 Å². The van der Waals surface area contributed by atoms with Crippen LogP contribution in [0.15, 0.2) is 41.3 Å². The number of aliphatic hydroxyl groups is 1. The number of aromatic nitrogens is 1. The van der Waals surface area contributed by atoms with E-state index in [1.54, 1.807) is 52.1 Å². The minimum absolute atomic E-state index is 0.0102. The van der Waals surface area contributed by atoms with E-state index in [-0.39, 0.29) is 43.6 Å². The van der Waals surface area contributed by atoms with Gasteiger partial charge in [-0.15, -0.1) is 0 Å². The Morgan fingerprint density at radius 1 is 1.20 bits per heavy atom. The number of amides is 2. The van der Waals surface area contributed by atoms with Crippen LogP contribution in [0.2, 0.25) is 5.02 Å². The van der Waals surface area contributed by atoms with Gasteiger partial charge in [0.15, 0.2) is 0 Å². The number of carbonyl (C=O) groups is 2. The van der Waals surface area contributed by atoms with Crippen LogP contribution >= 0.6 is 11.6 Å². The molecule has 2 aromatic rings. The van der Waals surface area contributed by atoms with Gasteiger partial charge < -0.3 is 28.9 Å². The fraction of sp³-hybridized carbons (Fsp3) is 0.567. The third-order valence-electron chi connectivity index (χ3n) is 7.61. The quantitative estimate of drug-likeness (QED) is 0.514. The largest absolute Gasteiger partial charge is 0.444 e. The van der Waals surface area contributed by atoms with Gasteiger partial charge in [-0.05, 0) is 75.3 Å². The summed E-state index contributed by atoms with van der Waals surface area (Å²) in [6.07, 6.45) is 3.54. The van der Waals surface area contributed by atoms with Gasteiger partial charge in [-0.1, -0.05) is 23.7 Å². The Balaban J connectivity index is 1.68. The maximum atomic E-state index is 14.4. The van der Waals surface area contributed by atoms with E-state index in [2.05, 4.69) is 0 Å². The Morgan fingerprint density at radius 2 is 1.93 bits per heavy atom. The fourth-order valence-corrected chi connectivity index (χ4v) is 5.34. The van der Waals surface area contributed by atoms with E-state index in [9.17, 15) is 19.5 Å². The Morgan fingerprint density at radius 3 is 2.55 bits per heavy atom. The normalized spacial score (nSPS) is 21.3. The number of aryl methyl sites for hydroxylation is 1. The lowest BCUT2D eigenvalue weighted by Crippen LogP contribution is -2.58. The van der Waals surface area contributed by atoms with Crippen LogP contribution in [-0.4, -0.2) is 69.9 Å². The molecule has 2 aliphatic rings. The van der Waals surface area contributed by atoms with Crippen LogP contribution in [-0.2, 0) is 39.9 Å². The van der Waals surface area contributed by atoms with Crippen LogP contribution in [0.4, 0.5) is 4.79 Å². The summed E-state index contributed by atoms with van der Waals surface area (Å²) in [4.78, 5) is 43.2. The number of pyridine rings is 1. The summed E-state index contributed by atoms with van der Waals surface area (Å²) in [6, 6.07) is 8.83. The average Bonchev–Trinajstić information content (AvgIpc) is 3.73. The number of hydrogen-bond acceptors (Lipinski definition) is 6. The van der Waals surface area contributed by atoms with E-state index in [1.165, 1.54) is 15.5 Å². The van der Waals surface area contributed by atoms with Gasteiger partial charge in [0, 0.05) is 57.1 Å². The zero-order chi connectivity index (χ0) is 29.2. The first-order chi connectivity index (χ1) is 18.8. The molecule has 2 heterocycles. The summed E-state index contributed by atoms with van der Waals surface area (Å²) in [5, 5.41) is 12.7. The van der Waals surface area contributed by atoms with Gasteiger partial charge in [0.1, 0.15) is 11.2 Å². The molecule has 1 aliphatic carbocycles. The van der Waals surface area contributed by atoms with Crippen molar-refractivity contribution in [3.05, 3.63) is 68.6 Å². The SMILES string of the molecule is COCCc1ccc(Cl)c(CN(C(=O)[C@H]2CN(C(=O)OC(C)(C)C)CC[C@]2(O)c2ccn(C)c(=O)c2)C2CC2)c1. The lowest BCUT2D eigenvalue weighted by molar-refractivity contribution is -0.155. The fourth-order valence-electron chi connectivity index (χ4n) is 5.16. The van der Waals surface area contributed by atoms with Crippen molar-refractivity contribution in [1.82, 2.24) is 14.4 Å². The number of hydrogen-bond donors (Lipinski definition) is 1. The number of piperidine rings is 1. The summed E-state index contributed by atoms with van der Waals surface area (Å²) in [6.45, 7) is 6.34. The third kappa shape index (κ3) is 6.87. The molecule has 1 aromatic heterocycles. The van der Waals surface area contributed by atoms with Gasteiger partial charge in [-0.3, -0.25) is 9.59 Å². The molecule has 10 heteroatoms. The predicted octanol–water partition coefficient (Wildman–Crippen LogP) is 3.86. The van der Waals surface area contributed by atoms with Crippen LogP contribution in [0.5, 0.6) is 0 Å². The number of nitrogens with zero attached hydrogens (tertiary/aromatic N) is 3. The molecular formula is C30H40ClN3O6. The summed E-state index contributed by atoms with van der Waals surface area (Å²) >= 11 is 6.58. The number of halogens is 1. The minimum atomic E-state index is -1.64. The van der Waals surface area contributed by atoms with E-state index in [0.717, 1.165) is 24.0 Å². The van der Waals surface area contributed by atoms with Crippen LogP contribution < -0.4 is 5.56 Å². The second-order valence-electron chi connectivity index (χ2n) is 11.9. The molecule has 9 nitrogen and oxygen atoms in total. The van der Waals surface area contributed by atoms with Crippen LogP contribution in [0, 0.1) is 5.92 Å². The summed E-state index contributed by atoms with van der Waals surface area (Å²) in [5.74, 6) is -1.28. The lowest BCUT2D eigenvalue weighted by atomic mass is 9.75. The number of likely N-dealkylation sites (tertiary alicyclic amines) is 1. The standard InChI is InChI=1S/C30H40ClN3O6/c1-29(2,3)40-28(37)33-14-12-30(38,22-10-13-32(4)26(35)17-22)24(19-33)27(36)34(23-7-8-23)18-21-16-20(11-15-39-5)6-9-25(21)31/h6,9-10,13,16-17,23-24,38H,7-8,11-12,14-15,18-19H2,1-5H3/t24-,30+/m1/s1. The highest BCUT2D eigenvalue weighted by atomic mass is 35.5. The molecule has 0 radical (unpaired) electrons. The first kappa shape index (κ1) is 30.1. The number of methoxy groups -OCH3 is 1. The van der Waals surface area contributed by atoms with E-state index in [0.29, 0.717) is 23.6 Å². The highest BCUT2D eigenvalue weighted by Gasteiger charge is 2.51. The lowest BCUT2D eigenvalue weighted by Gasteiger charge is -2.45. The van der Waals surface area contributed by atoms with Crippen molar-refractivity contribution in [3.8, 4) is 0 Å². The number of benzene rings is 1. The molecule has 1 N–H and O–H groups in total. The van der Waals surface area contributed by atoms with E-state index >= 15 is 0 Å². The Hall–Kier alpha value is -2.88. The second kappa shape index (κ2) is 11.9. The van der Waals surface area contributed by atoms with Crippen molar-refractivity contribution in [2.24, 2.45) is 13.0 Å². The van der Waals surface area contributed by atoms with E-state index in [1.807, 2.05) is 18.2 Å². The van der Waals surface area contributed by atoms with Gasteiger partial charge >= 0.3 is 6.09 Å². The molecule has 2 atom stereocenters. The molecule has 0 spiro atoms. The van der Waals surface area contributed by atoms with Crippen molar-refractivity contribution < 1.29 is 24.2 Å². The third-order valence-corrected chi connectivity index (χ3v) is 7.98. The molecule has 4 rings (SSSR count). The topological polar surface area (TPSA) is 101 Å². The zero-order valence-corrected chi connectivity index (χ0v) is 24.7. The molecule has 2 amide bonds. The molecule has 40 heavy (non-hydrogen) atoms. The van der Waals surface area contributed by atoms with Gasteiger partial charge in [-0.2, -0.15) is 0 Å². The molecule has 2 fully saturated rings. The Labute approximate surface area is 240 Å². The molecule has 0 bridgehead atoms. The average molecular weight is 574 g/mol. The molecule has 0 unspecified atom stereocenters. The number of carbonyl (C=O) groups excluding carboxylic acids is 2. The second-order valence-corrected chi connectivity index (χ2v) is 12.3. The van der Waals surface area contributed by atoms with Gasteiger partial charge in [-0.25, -0.2) is 4.79 Å². The van der Waals surface area contributed by atoms with Gasteiger partial charge in [0.2, 0.25) is 5.91 Å². The maximum Gasteiger partial charge on any atom is 0.410 e. The maximum absolute atomic E-state index is 14.4. The molecular weight excluding hydrogens is 534 g/mol. The van der Waals surface area contributed by atoms with Crippen molar-refractivity contribution in [3.63, 3.8) is 0 Å². The van der Waals surface area contributed by atoms with Crippen molar-refractivity contribution in [2.45, 2.75) is 70.2 Å². The van der Waals surface area contributed by atoms with Crippen LogP contribution in [0.1, 0.15) is 56.7 Å². The smallest absolute Gasteiger partial charge is 0.410 e. The predicted molar refractivity (Wildman–Crippen MR) is 152 cm³/mol. The summed E-state index contributed by atoms with van der Waals surface area (Å²) < 4.78 is 12.2. The summed E-state index contributed by atoms with van der Waals surface area (Å²) in [5.41, 5.74) is -0.401. The van der Waals surface area contributed by atoms with Gasteiger partial charge in [0.25, 0.3) is 5.56 Å². The first-order valence-corrected chi connectivity index (χ1v) is 14.1. The van der Waals surface area contributed by atoms with Crippen LogP contribution in [0.3, 0.4) is 0 Å². The monoisotopic (exact) mass is 573 g/mol. The highest BCUT2D eigenvalue weighted by Crippen LogP contribution is 2.41. The Kier molecular flexibility index (Phi) is 8.97.